The van der Waals surface area contributed by atoms with E-state index >= 15 is 0 Å². The van der Waals surface area contributed by atoms with Crippen molar-refractivity contribution in [2.45, 2.75) is 6.92 Å². The number of furan rings is 1. The van der Waals surface area contributed by atoms with E-state index in [1.54, 1.807) is 0 Å². The second-order valence-corrected chi connectivity index (χ2v) is 11.0. The first-order valence-corrected chi connectivity index (χ1v) is 14.3. The lowest BCUT2D eigenvalue weighted by Gasteiger charge is -2.13. The van der Waals surface area contributed by atoms with Gasteiger partial charge in [-0.1, -0.05) is 115 Å². The summed E-state index contributed by atoms with van der Waals surface area (Å²) in [5, 5.41) is 9.29. The highest BCUT2D eigenvalue weighted by Crippen LogP contribution is 2.44. The molecule has 0 spiro atoms. The lowest BCUT2D eigenvalue weighted by atomic mass is 9.92. The van der Waals surface area contributed by atoms with Gasteiger partial charge in [-0.25, -0.2) is 4.98 Å². The number of hydrogen-bond acceptors (Lipinski definition) is 3. The highest BCUT2D eigenvalue weighted by atomic mass is 16.3. The first kappa shape index (κ1) is 23.2. The van der Waals surface area contributed by atoms with Crippen LogP contribution >= 0.6 is 0 Å². The molecule has 0 aliphatic heterocycles. The van der Waals surface area contributed by atoms with E-state index in [4.69, 9.17) is 14.4 Å². The average Bonchev–Trinajstić information content (AvgIpc) is 3.46. The van der Waals surface area contributed by atoms with Crippen LogP contribution in [0.15, 0.2) is 132 Å². The number of benzene rings is 7. The van der Waals surface area contributed by atoms with Crippen molar-refractivity contribution in [2.24, 2.45) is 0 Å². The molecule has 196 valence electrons. The number of aromatic nitrogens is 2. The summed E-state index contributed by atoms with van der Waals surface area (Å²) in [5.41, 5.74) is 8.80. The summed E-state index contributed by atoms with van der Waals surface area (Å²) in [6, 6.07) is 42.7. The third-order valence-electron chi connectivity index (χ3n) is 8.61. The van der Waals surface area contributed by atoms with Crippen LogP contribution in [0.3, 0.4) is 0 Å². The fourth-order valence-corrected chi connectivity index (χ4v) is 6.68. The summed E-state index contributed by atoms with van der Waals surface area (Å²) < 4.78 is 6.71. The normalized spacial score (nSPS) is 11.9. The first-order chi connectivity index (χ1) is 20.8. The van der Waals surface area contributed by atoms with Gasteiger partial charge >= 0.3 is 0 Å². The molecule has 9 aromatic rings. The van der Waals surface area contributed by atoms with E-state index < -0.39 is 0 Å². The Bertz CT molecular complexity index is 2510. The summed E-state index contributed by atoms with van der Waals surface area (Å²) in [7, 11) is 0. The van der Waals surface area contributed by atoms with Crippen LogP contribution < -0.4 is 0 Å². The Labute approximate surface area is 241 Å². The molecule has 0 atom stereocenters. The number of aryl methyl sites for hydroxylation is 1. The minimum atomic E-state index is 0.840. The predicted octanol–water partition coefficient (Wildman–Crippen LogP) is 10.6. The van der Waals surface area contributed by atoms with Crippen molar-refractivity contribution in [1.29, 1.82) is 0 Å². The van der Waals surface area contributed by atoms with Crippen LogP contribution in [0.1, 0.15) is 5.56 Å². The van der Waals surface area contributed by atoms with Crippen LogP contribution in [-0.4, -0.2) is 9.97 Å². The second-order valence-electron chi connectivity index (χ2n) is 11.0. The fourth-order valence-electron chi connectivity index (χ4n) is 6.68. The molecular formula is C39H24N2O. The predicted molar refractivity (Wildman–Crippen MR) is 175 cm³/mol. The molecule has 0 unspecified atom stereocenters. The molecule has 2 heterocycles. The van der Waals surface area contributed by atoms with Gasteiger partial charge in [-0.15, -0.1) is 0 Å². The van der Waals surface area contributed by atoms with Gasteiger partial charge in [0.25, 0.3) is 0 Å². The summed E-state index contributed by atoms with van der Waals surface area (Å²) in [6.45, 7) is 2.11. The maximum Gasteiger partial charge on any atom is 0.143 e. The highest BCUT2D eigenvalue weighted by molar-refractivity contribution is 6.24. The van der Waals surface area contributed by atoms with Crippen LogP contribution in [0.5, 0.6) is 0 Å². The minimum absolute atomic E-state index is 0.840. The second kappa shape index (κ2) is 8.73. The lowest BCUT2D eigenvalue weighted by molar-refractivity contribution is 0.667. The fraction of sp³-hybridized carbons (Fsp3) is 0.0256. The maximum atomic E-state index is 6.71. The molecule has 0 aliphatic carbocycles. The smallest absolute Gasteiger partial charge is 0.143 e. The molecule has 3 nitrogen and oxygen atoms in total. The zero-order chi connectivity index (χ0) is 27.8. The van der Waals surface area contributed by atoms with Crippen molar-refractivity contribution in [3.05, 3.63) is 133 Å². The van der Waals surface area contributed by atoms with Gasteiger partial charge in [0.1, 0.15) is 11.2 Å². The molecule has 0 saturated carbocycles. The van der Waals surface area contributed by atoms with Crippen LogP contribution in [0.25, 0.3) is 87.7 Å². The van der Waals surface area contributed by atoms with Crippen LogP contribution in [0, 0.1) is 6.92 Å². The summed E-state index contributed by atoms with van der Waals surface area (Å²) >= 11 is 0. The van der Waals surface area contributed by atoms with Crippen molar-refractivity contribution in [3.8, 4) is 22.4 Å². The topological polar surface area (TPSA) is 38.9 Å². The Morgan fingerprint density at radius 3 is 1.90 bits per heavy atom. The molecular weight excluding hydrogens is 512 g/mol. The number of hydrogen-bond donors (Lipinski definition) is 0. The van der Waals surface area contributed by atoms with Crippen molar-refractivity contribution >= 4 is 65.3 Å². The van der Waals surface area contributed by atoms with Crippen molar-refractivity contribution < 1.29 is 4.42 Å². The number of rotatable bonds is 2. The van der Waals surface area contributed by atoms with Crippen molar-refractivity contribution in [3.63, 3.8) is 0 Å². The zero-order valence-corrected chi connectivity index (χ0v) is 22.9. The Hall–Kier alpha value is -5.54. The molecule has 9 rings (SSSR count). The van der Waals surface area contributed by atoms with Gasteiger partial charge in [0.2, 0.25) is 0 Å². The minimum Gasteiger partial charge on any atom is -0.455 e. The Balaban J connectivity index is 1.37. The van der Waals surface area contributed by atoms with Crippen molar-refractivity contribution in [1.82, 2.24) is 9.97 Å². The molecule has 0 fully saturated rings. The monoisotopic (exact) mass is 536 g/mol. The van der Waals surface area contributed by atoms with Crippen LogP contribution in [0.4, 0.5) is 0 Å². The van der Waals surface area contributed by atoms with E-state index in [1.807, 2.05) is 6.20 Å². The first-order valence-electron chi connectivity index (χ1n) is 14.3. The van der Waals surface area contributed by atoms with E-state index in [0.29, 0.717) is 0 Å². The van der Waals surface area contributed by atoms with Gasteiger partial charge in [0.15, 0.2) is 0 Å². The third kappa shape index (κ3) is 3.22. The maximum absolute atomic E-state index is 6.71. The molecule has 0 N–H and O–H groups in total. The van der Waals surface area contributed by atoms with Crippen LogP contribution in [-0.2, 0) is 0 Å². The number of fused-ring (bicyclic) bond motifs is 11. The summed E-state index contributed by atoms with van der Waals surface area (Å²) in [5.74, 6) is 0. The van der Waals surface area contributed by atoms with Gasteiger partial charge in [-0.05, 0) is 45.7 Å². The van der Waals surface area contributed by atoms with E-state index in [1.165, 1.54) is 21.5 Å². The standard InChI is InChI=1S/C39H24N2O/c1-23-11-10-20-32-35-25-13-3-2-12-24(25)21-33(39(35)42-38(23)32)28-16-4-7-17-29(28)34-22-40-36-30-18-8-5-14-26(30)27-15-6-9-19-31(27)37(36)41-34/h2-22H,1H3. The molecule has 0 saturated heterocycles. The van der Waals surface area contributed by atoms with Gasteiger partial charge in [0.05, 0.1) is 22.9 Å². The van der Waals surface area contributed by atoms with Crippen molar-refractivity contribution in [2.75, 3.05) is 0 Å². The highest BCUT2D eigenvalue weighted by Gasteiger charge is 2.20. The number of nitrogens with zero attached hydrogens (tertiary/aromatic N) is 2. The van der Waals surface area contributed by atoms with Gasteiger partial charge in [0, 0.05) is 32.7 Å². The molecule has 0 aliphatic rings. The molecule has 0 amide bonds. The molecule has 2 aromatic heterocycles. The molecule has 42 heavy (non-hydrogen) atoms. The molecule has 3 heteroatoms. The average molecular weight is 537 g/mol. The summed E-state index contributed by atoms with van der Waals surface area (Å²) in [4.78, 5) is 10.4. The summed E-state index contributed by atoms with van der Waals surface area (Å²) in [6.07, 6.45) is 1.92. The molecule has 0 bridgehead atoms. The van der Waals surface area contributed by atoms with E-state index in [-0.39, 0.29) is 0 Å². The van der Waals surface area contributed by atoms with E-state index in [2.05, 4.69) is 128 Å². The number of para-hydroxylation sites is 1. The van der Waals surface area contributed by atoms with Gasteiger partial charge in [-0.2, -0.15) is 0 Å². The zero-order valence-electron chi connectivity index (χ0n) is 22.9. The molecule has 0 radical (unpaired) electrons. The van der Waals surface area contributed by atoms with E-state index in [0.717, 1.165) is 71.7 Å². The van der Waals surface area contributed by atoms with E-state index in [9.17, 15) is 0 Å². The van der Waals surface area contributed by atoms with Gasteiger partial charge < -0.3 is 4.42 Å². The Morgan fingerprint density at radius 2 is 1.12 bits per heavy atom. The SMILES string of the molecule is Cc1cccc2c1oc1c(-c3ccccc3-c3cnc4c5ccccc5c5ccccc5c4n3)cc3ccccc3c12. The quantitative estimate of drug-likeness (QED) is 0.206. The van der Waals surface area contributed by atoms with Crippen LogP contribution in [0.2, 0.25) is 0 Å². The third-order valence-corrected chi connectivity index (χ3v) is 8.61. The lowest BCUT2D eigenvalue weighted by Crippen LogP contribution is -1.94. The largest absolute Gasteiger partial charge is 0.455 e. The Kier molecular flexibility index (Phi) is 4.82. The van der Waals surface area contributed by atoms with Gasteiger partial charge in [-0.3, -0.25) is 4.98 Å². The Morgan fingerprint density at radius 1 is 0.500 bits per heavy atom. The molecule has 7 aromatic carbocycles.